The van der Waals surface area contributed by atoms with Crippen LogP contribution in [0.1, 0.15) is 40.5 Å². The third kappa shape index (κ3) is 4.52. The fourth-order valence-electron chi connectivity index (χ4n) is 2.89. The van der Waals surface area contributed by atoms with Gasteiger partial charge in [-0.05, 0) is 25.9 Å². The van der Waals surface area contributed by atoms with Gasteiger partial charge in [0.2, 0.25) is 0 Å². The number of nitrogens with zero attached hydrogens (tertiary/aromatic N) is 2. The van der Waals surface area contributed by atoms with E-state index in [1.807, 2.05) is 0 Å². The van der Waals surface area contributed by atoms with Crippen molar-refractivity contribution in [3.05, 3.63) is 0 Å². The lowest BCUT2D eigenvalue weighted by Gasteiger charge is -2.41. The highest BCUT2D eigenvalue weighted by Crippen LogP contribution is 2.14. The highest BCUT2D eigenvalue weighted by Gasteiger charge is 2.25. The molecule has 3 atom stereocenters. The quantitative estimate of drug-likeness (QED) is 0.751. The molecule has 0 aromatic carbocycles. The van der Waals surface area contributed by atoms with Crippen molar-refractivity contribution in [2.24, 2.45) is 5.92 Å². The van der Waals surface area contributed by atoms with Crippen LogP contribution in [0.5, 0.6) is 0 Å². The third-order valence-corrected chi connectivity index (χ3v) is 4.58. The Kier molecular flexibility index (Phi) is 7.20. The molecule has 0 aromatic rings. The summed E-state index contributed by atoms with van der Waals surface area (Å²) in [6.07, 6.45) is 2.53. The minimum atomic E-state index is 0.654. The average molecular weight is 255 g/mol. The van der Waals surface area contributed by atoms with E-state index < -0.39 is 0 Å². The number of rotatable bonds is 7. The molecule has 1 fully saturated rings. The molecule has 1 rings (SSSR count). The van der Waals surface area contributed by atoms with Crippen LogP contribution in [0.3, 0.4) is 0 Å². The van der Waals surface area contributed by atoms with Gasteiger partial charge in [-0.25, -0.2) is 0 Å². The van der Waals surface area contributed by atoms with Crippen LogP contribution in [-0.2, 0) is 0 Å². The molecule has 1 heterocycles. The fraction of sp³-hybridized carbons (Fsp3) is 1.00. The van der Waals surface area contributed by atoms with E-state index in [1.165, 1.54) is 39.0 Å². The Bertz CT molecular complexity index is 220. The van der Waals surface area contributed by atoms with Crippen molar-refractivity contribution in [1.82, 2.24) is 15.1 Å². The summed E-state index contributed by atoms with van der Waals surface area (Å²) in [6, 6.07) is 1.40. The predicted molar refractivity (Wildman–Crippen MR) is 80.1 cm³/mol. The molecule has 1 N–H and O–H groups in total. The molecule has 0 aliphatic carbocycles. The van der Waals surface area contributed by atoms with Crippen LogP contribution in [0, 0.1) is 5.92 Å². The molecule has 0 bridgehead atoms. The summed E-state index contributed by atoms with van der Waals surface area (Å²) in [4.78, 5) is 5.18. The Morgan fingerprint density at radius 1 is 1.22 bits per heavy atom. The minimum Gasteiger partial charge on any atom is -0.313 e. The molecule has 0 saturated carbocycles. The number of hydrogen-bond acceptors (Lipinski definition) is 3. The lowest BCUT2D eigenvalue weighted by atomic mass is 9.97. The van der Waals surface area contributed by atoms with Crippen molar-refractivity contribution >= 4 is 0 Å². The van der Waals surface area contributed by atoms with Gasteiger partial charge >= 0.3 is 0 Å². The Hall–Kier alpha value is -0.120. The van der Waals surface area contributed by atoms with Crippen molar-refractivity contribution in [1.29, 1.82) is 0 Å². The minimum absolute atomic E-state index is 0.654. The molecule has 1 aliphatic rings. The van der Waals surface area contributed by atoms with Crippen molar-refractivity contribution in [3.8, 4) is 0 Å². The van der Waals surface area contributed by atoms with E-state index in [4.69, 9.17) is 0 Å². The number of hydrogen-bond donors (Lipinski definition) is 1. The summed E-state index contributed by atoms with van der Waals surface area (Å²) < 4.78 is 0. The van der Waals surface area contributed by atoms with Gasteiger partial charge < -0.3 is 10.2 Å². The molecular weight excluding hydrogens is 222 g/mol. The van der Waals surface area contributed by atoms with Crippen LogP contribution in [0.2, 0.25) is 0 Å². The second kappa shape index (κ2) is 8.13. The standard InChI is InChI=1S/C15H33N3/c1-6-13(4)15(16-8-3)12-18-10-9-17(5)14(7-2)11-18/h13-16H,6-12H2,1-5H3. The van der Waals surface area contributed by atoms with E-state index in [9.17, 15) is 0 Å². The molecule has 3 nitrogen and oxygen atoms in total. The van der Waals surface area contributed by atoms with Crippen molar-refractivity contribution in [3.63, 3.8) is 0 Å². The van der Waals surface area contributed by atoms with Gasteiger partial charge in [0.15, 0.2) is 0 Å². The predicted octanol–water partition coefficient (Wildman–Crippen LogP) is 2.04. The second-order valence-corrected chi connectivity index (χ2v) is 5.85. The zero-order chi connectivity index (χ0) is 13.5. The Morgan fingerprint density at radius 2 is 1.94 bits per heavy atom. The Labute approximate surface area is 114 Å². The number of piperazine rings is 1. The van der Waals surface area contributed by atoms with Crippen molar-refractivity contribution in [2.45, 2.75) is 52.6 Å². The molecule has 0 radical (unpaired) electrons. The average Bonchev–Trinajstić information content (AvgIpc) is 2.39. The second-order valence-electron chi connectivity index (χ2n) is 5.85. The molecular formula is C15H33N3. The van der Waals surface area contributed by atoms with Gasteiger partial charge in [0.05, 0.1) is 0 Å². The molecule has 1 aliphatic heterocycles. The number of nitrogens with one attached hydrogen (secondary N) is 1. The maximum atomic E-state index is 3.67. The maximum absolute atomic E-state index is 3.67. The van der Waals surface area contributed by atoms with Crippen molar-refractivity contribution < 1.29 is 0 Å². The summed E-state index contributed by atoms with van der Waals surface area (Å²) in [5, 5.41) is 3.67. The van der Waals surface area contributed by atoms with Crippen LogP contribution in [0.4, 0.5) is 0 Å². The van der Waals surface area contributed by atoms with E-state index in [0.29, 0.717) is 6.04 Å². The van der Waals surface area contributed by atoms with Gasteiger partial charge in [0.25, 0.3) is 0 Å². The zero-order valence-electron chi connectivity index (χ0n) is 13.1. The molecule has 3 unspecified atom stereocenters. The topological polar surface area (TPSA) is 18.5 Å². The normalized spacial score (nSPS) is 26.2. The van der Waals surface area contributed by atoms with Gasteiger partial charge in [-0.15, -0.1) is 0 Å². The highest BCUT2D eigenvalue weighted by atomic mass is 15.3. The van der Waals surface area contributed by atoms with E-state index >= 15 is 0 Å². The maximum Gasteiger partial charge on any atom is 0.0220 e. The van der Waals surface area contributed by atoms with Gasteiger partial charge in [-0.2, -0.15) is 0 Å². The highest BCUT2D eigenvalue weighted by molar-refractivity contribution is 4.83. The first kappa shape index (κ1) is 15.9. The van der Waals surface area contributed by atoms with Crippen LogP contribution in [-0.4, -0.2) is 61.7 Å². The van der Waals surface area contributed by atoms with E-state index in [-0.39, 0.29) is 0 Å². The molecule has 0 amide bonds. The summed E-state index contributed by atoms with van der Waals surface area (Å²) in [7, 11) is 2.27. The smallest absolute Gasteiger partial charge is 0.0220 e. The number of likely N-dealkylation sites (N-methyl/N-ethyl adjacent to an activating group) is 2. The zero-order valence-corrected chi connectivity index (χ0v) is 13.1. The summed E-state index contributed by atoms with van der Waals surface area (Å²) in [6.45, 7) is 15.2. The van der Waals surface area contributed by atoms with Gasteiger partial charge in [-0.1, -0.05) is 34.1 Å². The first-order chi connectivity index (χ1) is 8.62. The molecule has 0 aromatic heterocycles. The Morgan fingerprint density at radius 3 is 2.50 bits per heavy atom. The SMILES string of the molecule is CCNC(CN1CCN(C)C(CC)C1)C(C)CC. The lowest BCUT2D eigenvalue weighted by molar-refractivity contribution is 0.0802. The lowest BCUT2D eigenvalue weighted by Crippen LogP contribution is -2.55. The first-order valence-electron chi connectivity index (χ1n) is 7.78. The summed E-state index contributed by atoms with van der Waals surface area (Å²) in [5.74, 6) is 0.768. The fourth-order valence-corrected chi connectivity index (χ4v) is 2.89. The molecule has 1 saturated heterocycles. The molecule has 18 heavy (non-hydrogen) atoms. The largest absolute Gasteiger partial charge is 0.313 e. The van der Waals surface area contributed by atoms with Gasteiger partial charge in [0, 0.05) is 38.3 Å². The monoisotopic (exact) mass is 255 g/mol. The molecule has 108 valence electrons. The first-order valence-corrected chi connectivity index (χ1v) is 7.78. The van der Waals surface area contributed by atoms with Crippen molar-refractivity contribution in [2.75, 3.05) is 39.8 Å². The van der Waals surface area contributed by atoms with Crippen LogP contribution >= 0.6 is 0 Å². The Balaban J connectivity index is 2.48. The van der Waals surface area contributed by atoms with Gasteiger partial charge in [-0.3, -0.25) is 4.90 Å². The van der Waals surface area contributed by atoms with Crippen LogP contribution < -0.4 is 5.32 Å². The third-order valence-electron chi connectivity index (χ3n) is 4.58. The van der Waals surface area contributed by atoms with E-state index in [2.05, 4.69) is 49.9 Å². The molecule has 3 heteroatoms. The van der Waals surface area contributed by atoms with Crippen LogP contribution in [0.25, 0.3) is 0 Å². The summed E-state index contributed by atoms with van der Waals surface area (Å²) in [5.41, 5.74) is 0. The van der Waals surface area contributed by atoms with Gasteiger partial charge in [0.1, 0.15) is 0 Å². The molecule has 0 spiro atoms. The summed E-state index contributed by atoms with van der Waals surface area (Å²) >= 11 is 0. The van der Waals surface area contributed by atoms with E-state index in [1.54, 1.807) is 0 Å². The van der Waals surface area contributed by atoms with Crippen LogP contribution in [0.15, 0.2) is 0 Å². The van der Waals surface area contributed by atoms with E-state index in [0.717, 1.165) is 18.5 Å².